The summed E-state index contributed by atoms with van der Waals surface area (Å²) in [5.74, 6) is -15.0. The fourth-order valence-electron chi connectivity index (χ4n) is 5.38. The monoisotopic (exact) mass is 564 g/mol. The lowest BCUT2D eigenvalue weighted by molar-refractivity contribution is -0.149. The first kappa shape index (κ1) is 26.0. The Hall–Kier alpha value is -4.26. The molecule has 2 aromatic heterocycles. The van der Waals surface area contributed by atoms with E-state index in [2.05, 4.69) is 4.98 Å². The van der Waals surface area contributed by atoms with Gasteiger partial charge in [-0.05, 0) is 24.1 Å². The normalized spacial score (nSPS) is 17.9. The second kappa shape index (κ2) is 8.62. The number of rotatable bonds is 2. The molecule has 0 saturated heterocycles. The molecule has 0 spiro atoms. The second-order valence-corrected chi connectivity index (χ2v) is 9.58. The van der Waals surface area contributed by atoms with Gasteiger partial charge in [-0.15, -0.1) is 0 Å². The zero-order valence-electron chi connectivity index (χ0n) is 20.3. The Bertz CT molecular complexity index is 1860. The van der Waals surface area contributed by atoms with Crippen molar-refractivity contribution < 1.29 is 45.4 Å². The van der Waals surface area contributed by atoms with E-state index in [9.17, 15) is 36.6 Å². The first-order valence-electron chi connectivity index (χ1n) is 11.9. The number of hydrogen-bond donors (Lipinski definition) is 1. The van der Waals surface area contributed by atoms with Crippen molar-refractivity contribution >= 4 is 16.9 Å². The van der Waals surface area contributed by atoms with Crippen LogP contribution in [0.5, 0.6) is 0 Å². The summed E-state index contributed by atoms with van der Waals surface area (Å²) in [6.45, 7) is 0.542. The van der Waals surface area contributed by atoms with E-state index in [4.69, 9.17) is 4.74 Å². The zero-order valence-corrected chi connectivity index (χ0v) is 20.3. The van der Waals surface area contributed by atoms with Gasteiger partial charge in [0.1, 0.15) is 12.2 Å². The van der Waals surface area contributed by atoms with Crippen molar-refractivity contribution in [1.82, 2.24) is 9.55 Å². The smallest absolute Gasteiger partial charge is 0.309 e. The van der Waals surface area contributed by atoms with Crippen molar-refractivity contribution in [2.45, 2.75) is 38.5 Å². The van der Waals surface area contributed by atoms with Crippen molar-refractivity contribution in [2.24, 2.45) is 0 Å². The first-order valence-corrected chi connectivity index (χ1v) is 11.9. The predicted octanol–water partition coefficient (Wildman–Crippen LogP) is 5.11. The molecule has 0 unspecified atom stereocenters. The molecule has 6 rings (SSSR count). The van der Waals surface area contributed by atoms with Crippen LogP contribution in [-0.2, 0) is 28.3 Å². The lowest BCUT2D eigenvalue weighted by Gasteiger charge is -2.26. The van der Waals surface area contributed by atoms with E-state index in [-0.39, 0.29) is 34.5 Å². The van der Waals surface area contributed by atoms with Gasteiger partial charge in [0.05, 0.1) is 41.0 Å². The quantitative estimate of drug-likeness (QED) is 0.140. The summed E-state index contributed by atoms with van der Waals surface area (Å²) < 4.78 is 107. The van der Waals surface area contributed by atoms with Crippen LogP contribution in [0, 0.1) is 40.7 Å². The van der Waals surface area contributed by atoms with Crippen LogP contribution in [0.1, 0.15) is 36.5 Å². The molecule has 0 fully saturated rings. The molecule has 2 aromatic carbocycles. The number of aliphatic hydroxyl groups is 1. The van der Waals surface area contributed by atoms with Gasteiger partial charge in [0.15, 0.2) is 34.9 Å². The highest BCUT2D eigenvalue weighted by molar-refractivity contribution is 6.00. The van der Waals surface area contributed by atoms with Gasteiger partial charge in [-0.1, -0.05) is 6.92 Å². The van der Waals surface area contributed by atoms with E-state index in [1.54, 1.807) is 6.92 Å². The maximum atomic E-state index is 15.1. The number of hydrogen-bond acceptors (Lipinski definition) is 5. The van der Waals surface area contributed by atoms with Crippen molar-refractivity contribution in [1.29, 1.82) is 0 Å². The minimum Gasteiger partial charge on any atom is -0.460 e. The number of pyridine rings is 2. The fourth-order valence-corrected chi connectivity index (χ4v) is 5.38. The average molecular weight is 564 g/mol. The van der Waals surface area contributed by atoms with Gasteiger partial charge in [-0.3, -0.25) is 9.59 Å². The molecule has 0 amide bonds. The van der Waals surface area contributed by atoms with Crippen molar-refractivity contribution in [3.05, 3.63) is 86.0 Å². The number of nitrogens with zero attached hydrogens (tertiary/aromatic N) is 2. The minimum atomic E-state index is -2.41. The number of halogens is 7. The number of aromatic nitrogens is 2. The van der Waals surface area contributed by atoms with E-state index in [1.807, 2.05) is 0 Å². The van der Waals surface area contributed by atoms with Gasteiger partial charge in [0.2, 0.25) is 5.82 Å². The molecule has 40 heavy (non-hydrogen) atoms. The molecule has 1 N–H and O–H groups in total. The number of esters is 1. The Morgan fingerprint density at radius 2 is 1.52 bits per heavy atom. The Balaban J connectivity index is 1.75. The van der Waals surface area contributed by atoms with Crippen molar-refractivity contribution in [3.63, 3.8) is 0 Å². The molecule has 0 saturated carbocycles. The summed E-state index contributed by atoms with van der Waals surface area (Å²) in [5.41, 5.74) is -5.64. The number of ether oxygens (including phenoxy) is 1. The summed E-state index contributed by atoms with van der Waals surface area (Å²) >= 11 is 0. The Labute approximate surface area is 219 Å². The van der Waals surface area contributed by atoms with Gasteiger partial charge >= 0.3 is 5.97 Å². The third kappa shape index (κ3) is 3.43. The number of carbonyl (C=O) groups excluding carboxylic acids is 1. The van der Waals surface area contributed by atoms with E-state index in [0.29, 0.717) is 12.1 Å². The van der Waals surface area contributed by atoms with Gasteiger partial charge in [0, 0.05) is 22.6 Å². The Kier molecular flexibility index (Phi) is 5.60. The first-order chi connectivity index (χ1) is 18.9. The predicted molar refractivity (Wildman–Crippen MR) is 124 cm³/mol. The molecule has 4 heterocycles. The Morgan fingerprint density at radius 3 is 2.17 bits per heavy atom. The number of cyclic esters (lactones) is 1. The molecule has 206 valence electrons. The molecule has 2 aliphatic rings. The van der Waals surface area contributed by atoms with Gasteiger partial charge < -0.3 is 14.4 Å². The highest BCUT2D eigenvalue weighted by Gasteiger charge is 2.40. The summed E-state index contributed by atoms with van der Waals surface area (Å²) in [4.78, 5) is 29.9. The third-order valence-electron chi connectivity index (χ3n) is 7.45. The summed E-state index contributed by atoms with van der Waals surface area (Å²) in [5, 5.41) is 10.8. The highest BCUT2D eigenvalue weighted by atomic mass is 19.2. The van der Waals surface area contributed by atoms with Crippen LogP contribution in [0.25, 0.3) is 33.4 Å². The Morgan fingerprint density at radius 1 is 0.900 bits per heavy atom. The second-order valence-electron chi connectivity index (χ2n) is 9.58. The van der Waals surface area contributed by atoms with E-state index in [1.165, 1.54) is 6.07 Å². The average Bonchev–Trinajstić information content (AvgIpc) is 3.22. The van der Waals surface area contributed by atoms with Gasteiger partial charge in [-0.25, -0.2) is 35.7 Å². The lowest BCUT2D eigenvalue weighted by Crippen LogP contribution is -2.32. The SMILES string of the molecule is CC[C@@]1(O)CC(=O)OCc2c1cc1n(c2=O)Cc2c-1nc1cc(F)c(F)cc1c2-c1c(F)c(F)c(F)c(F)c1F. The number of benzene rings is 2. The summed E-state index contributed by atoms with van der Waals surface area (Å²) in [6.07, 6.45) is -0.506. The molecule has 13 heteroatoms. The lowest BCUT2D eigenvalue weighted by atomic mass is 9.85. The standard InChI is InChI=1S/C27H15F7N2O4/c1-2-27(39)6-17(37)40-8-11-12(27)4-16-25-10(7-36(16)26(11)38)18(9-3-13(28)14(29)5-15(9)35-25)19-20(30)22(32)24(34)23(33)21(19)31/h3-5,39H,2,6-8H2,1H3/t27-/m1/s1. The minimum absolute atomic E-state index is 0.0176. The van der Waals surface area contributed by atoms with E-state index < -0.39 is 99.5 Å². The van der Waals surface area contributed by atoms with Crippen LogP contribution in [0.15, 0.2) is 23.0 Å². The van der Waals surface area contributed by atoms with Crippen LogP contribution >= 0.6 is 0 Å². The molecule has 6 nitrogen and oxygen atoms in total. The van der Waals surface area contributed by atoms with Crippen LogP contribution in [-0.4, -0.2) is 20.6 Å². The molecule has 0 bridgehead atoms. The molecule has 0 radical (unpaired) electrons. The largest absolute Gasteiger partial charge is 0.460 e. The summed E-state index contributed by atoms with van der Waals surface area (Å²) in [6, 6.07) is 2.41. The summed E-state index contributed by atoms with van der Waals surface area (Å²) in [7, 11) is 0. The molecule has 2 aliphatic heterocycles. The van der Waals surface area contributed by atoms with Crippen molar-refractivity contribution in [3.8, 4) is 22.5 Å². The molecule has 1 atom stereocenters. The van der Waals surface area contributed by atoms with Gasteiger partial charge in [0.25, 0.3) is 5.56 Å². The van der Waals surface area contributed by atoms with Crippen LogP contribution in [0.4, 0.5) is 30.7 Å². The number of carbonyl (C=O) groups is 1. The van der Waals surface area contributed by atoms with Gasteiger partial charge in [-0.2, -0.15) is 0 Å². The fraction of sp³-hybridized carbons (Fsp3) is 0.222. The van der Waals surface area contributed by atoms with Crippen LogP contribution in [0.3, 0.4) is 0 Å². The maximum absolute atomic E-state index is 15.1. The molecular weight excluding hydrogens is 549 g/mol. The molecular formula is C27H15F7N2O4. The topological polar surface area (TPSA) is 81.4 Å². The zero-order chi connectivity index (χ0) is 28.8. The third-order valence-corrected chi connectivity index (χ3v) is 7.45. The van der Waals surface area contributed by atoms with E-state index in [0.717, 1.165) is 4.57 Å². The highest BCUT2D eigenvalue weighted by Crippen LogP contribution is 2.45. The van der Waals surface area contributed by atoms with Crippen molar-refractivity contribution in [2.75, 3.05) is 0 Å². The van der Waals surface area contributed by atoms with Crippen LogP contribution in [0.2, 0.25) is 0 Å². The molecule has 0 aliphatic carbocycles. The van der Waals surface area contributed by atoms with E-state index >= 15 is 8.78 Å². The van der Waals surface area contributed by atoms with Crippen LogP contribution < -0.4 is 5.56 Å². The maximum Gasteiger partial charge on any atom is 0.309 e. The number of fused-ring (bicyclic) bond motifs is 5. The molecule has 4 aromatic rings.